The number of nitrogens with zero attached hydrogens (tertiary/aromatic N) is 1. The normalized spacial score (nSPS) is 11.5. The van der Waals surface area contributed by atoms with E-state index in [1.807, 2.05) is 29.6 Å². The van der Waals surface area contributed by atoms with Gasteiger partial charge in [-0.3, -0.25) is 0 Å². The van der Waals surface area contributed by atoms with Crippen LogP contribution in [0, 0.1) is 0 Å². The van der Waals surface area contributed by atoms with Gasteiger partial charge in [-0.2, -0.15) is 4.31 Å². The van der Waals surface area contributed by atoms with Crippen molar-refractivity contribution in [2.24, 2.45) is 0 Å². The molecule has 0 atom stereocenters. The Morgan fingerprint density at radius 2 is 1.71 bits per heavy atom. The molecular weight excluding hydrogens is 398 g/mol. The minimum absolute atomic E-state index is 0.0407. The van der Waals surface area contributed by atoms with Crippen LogP contribution in [0.25, 0.3) is 0 Å². The van der Waals surface area contributed by atoms with Crippen molar-refractivity contribution < 1.29 is 23.1 Å². The summed E-state index contributed by atoms with van der Waals surface area (Å²) < 4.78 is 33.0. The quantitative estimate of drug-likeness (QED) is 0.602. The molecule has 0 amide bonds. The van der Waals surface area contributed by atoms with Gasteiger partial charge in [-0.05, 0) is 53.4 Å². The van der Waals surface area contributed by atoms with E-state index in [0.29, 0.717) is 5.75 Å². The molecule has 1 heterocycles. The number of sulfonamides is 1. The zero-order chi connectivity index (χ0) is 20.1. The number of methoxy groups -OCH3 is 1. The fraction of sp³-hybridized carbons (Fsp3) is 0.150. The highest BCUT2D eigenvalue weighted by Crippen LogP contribution is 2.24. The van der Waals surface area contributed by atoms with Crippen LogP contribution in [0.3, 0.4) is 0 Å². The molecule has 146 valence electrons. The maximum atomic E-state index is 13.2. The van der Waals surface area contributed by atoms with E-state index in [-0.39, 0.29) is 23.5 Å². The van der Waals surface area contributed by atoms with Crippen LogP contribution < -0.4 is 4.74 Å². The van der Waals surface area contributed by atoms with Gasteiger partial charge >= 0.3 is 5.97 Å². The second-order valence-corrected chi connectivity index (χ2v) is 9.00. The molecule has 0 saturated heterocycles. The molecule has 2 aromatic carbocycles. The van der Waals surface area contributed by atoms with Gasteiger partial charge in [-0.1, -0.05) is 18.2 Å². The maximum Gasteiger partial charge on any atom is 0.335 e. The Morgan fingerprint density at radius 3 is 2.25 bits per heavy atom. The van der Waals surface area contributed by atoms with Crippen LogP contribution in [0.1, 0.15) is 20.8 Å². The van der Waals surface area contributed by atoms with E-state index < -0.39 is 16.0 Å². The number of ether oxygens (including phenoxy) is 1. The first-order valence-corrected chi connectivity index (χ1v) is 10.7. The Labute approximate surface area is 167 Å². The second kappa shape index (κ2) is 8.55. The molecule has 0 radical (unpaired) electrons. The molecule has 3 aromatic rings. The van der Waals surface area contributed by atoms with Crippen molar-refractivity contribution in [1.29, 1.82) is 0 Å². The highest BCUT2D eigenvalue weighted by atomic mass is 32.2. The average molecular weight is 418 g/mol. The molecule has 0 aliphatic carbocycles. The number of rotatable bonds is 8. The zero-order valence-corrected chi connectivity index (χ0v) is 16.7. The van der Waals surface area contributed by atoms with E-state index in [1.54, 1.807) is 19.2 Å². The fourth-order valence-electron chi connectivity index (χ4n) is 2.66. The summed E-state index contributed by atoms with van der Waals surface area (Å²) in [7, 11) is -2.24. The van der Waals surface area contributed by atoms with Gasteiger partial charge in [0.15, 0.2) is 0 Å². The van der Waals surface area contributed by atoms with Crippen molar-refractivity contribution in [3.05, 3.63) is 82.0 Å². The minimum Gasteiger partial charge on any atom is -0.497 e. The number of carboxylic acid groups (broad SMARTS) is 1. The third kappa shape index (κ3) is 4.59. The molecule has 0 aliphatic heterocycles. The van der Waals surface area contributed by atoms with E-state index in [9.17, 15) is 13.2 Å². The number of hydrogen-bond donors (Lipinski definition) is 1. The number of carboxylic acids is 1. The minimum atomic E-state index is -3.82. The van der Waals surface area contributed by atoms with Crippen LogP contribution >= 0.6 is 11.3 Å². The van der Waals surface area contributed by atoms with Gasteiger partial charge in [0.05, 0.1) is 17.6 Å². The van der Waals surface area contributed by atoms with Crippen LogP contribution in [0.5, 0.6) is 5.75 Å². The van der Waals surface area contributed by atoms with E-state index in [0.717, 1.165) is 10.4 Å². The summed E-state index contributed by atoms with van der Waals surface area (Å²) in [5.74, 6) is -0.404. The summed E-state index contributed by atoms with van der Waals surface area (Å²) in [5.41, 5.74) is 0.863. The molecule has 0 unspecified atom stereocenters. The lowest BCUT2D eigenvalue weighted by molar-refractivity contribution is 0.0696. The van der Waals surface area contributed by atoms with E-state index in [2.05, 4.69) is 0 Å². The molecule has 3 rings (SSSR count). The lowest BCUT2D eigenvalue weighted by Crippen LogP contribution is -2.30. The molecular formula is C20H19NO5S2. The van der Waals surface area contributed by atoms with Crippen molar-refractivity contribution >= 4 is 27.3 Å². The summed E-state index contributed by atoms with van der Waals surface area (Å²) in [4.78, 5) is 12.0. The molecule has 1 N–H and O–H groups in total. The van der Waals surface area contributed by atoms with Gasteiger partial charge in [-0.15, -0.1) is 11.3 Å². The van der Waals surface area contributed by atoms with Gasteiger partial charge in [0.2, 0.25) is 10.0 Å². The molecule has 8 heteroatoms. The van der Waals surface area contributed by atoms with Gasteiger partial charge in [-0.25, -0.2) is 13.2 Å². The van der Waals surface area contributed by atoms with Crippen LogP contribution in [-0.2, 0) is 23.1 Å². The Bertz CT molecular complexity index is 1030. The van der Waals surface area contributed by atoms with Gasteiger partial charge in [0.1, 0.15) is 5.75 Å². The highest BCUT2D eigenvalue weighted by Gasteiger charge is 2.25. The Hall–Kier alpha value is -2.68. The van der Waals surface area contributed by atoms with Crippen molar-refractivity contribution in [2.75, 3.05) is 7.11 Å². The highest BCUT2D eigenvalue weighted by molar-refractivity contribution is 7.89. The van der Waals surface area contributed by atoms with E-state index >= 15 is 0 Å². The van der Waals surface area contributed by atoms with Crippen molar-refractivity contribution in [3.63, 3.8) is 0 Å². The van der Waals surface area contributed by atoms with Gasteiger partial charge in [0, 0.05) is 18.0 Å². The Morgan fingerprint density at radius 1 is 1.04 bits per heavy atom. The van der Waals surface area contributed by atoms with E-state index in [1.165, 1.54) is 39.9 Å². The Kier molecular flexibility index (Phi) is 6.13. The fourth-order valence-corrected chi connectivity index (χ4v) is 4.86. The molecule has 1 aromatic heterocycles. The molecule has 0 spiro atoms. The first-order chi connectivity index (χ1) is 13.4. The largest absolute Gasteiger partial charge is 0.497 e. The number of benzene rings is 2. The lowest BCUT2D eigenvalue weighted by Gasteiger charge is -2.22. The second-order valence-electron chi connectivity index (χ2n) is 6.03. The van der Waals surface area contributed by atoms with Gasteiger partial charge in [0.25, 0.3) is 0 Å². The van der Waals surface area contributed by atoms with Crippen LogP contribution in [0.4, 0.5) is 0 Å². The van der Waals surface area contributed by atoms with Crippen molar-refractivity contribution in [2.45, 2.75) is 18.0 Å². The third-order valence-electron chi connectivity index (χ3n) is 4.17. The summed E-state index contributed by atoms with van der Waals surface area (Å²) in [6.45, 7) is 0.414. The smallest absolute Gasteiger partial charge is 0.335 e. The standard InChI is InChI=1S/C20H19NO5S2/c1-26-17-8-4-15(5-9-17)13-21(14-18-3-2-12-27-18)28(24,25)19-10-6-16(7-11-19)20(22)23/h2-12H,13-14H2,1H3,(H,22,23). The number of aromatic carboxylic acids is 1. The summed E-state index contributed by atoms with van der Waals surface area (Å²) >= 11 is 1.48. The summed E-state index contributed by atoms with van der Waals surface area (Å²) in [6.07, 6.45) is 0. The predicted octanol–water partition coefficient (Wildman–Crippen LogP) is 3.85. The topological polar surface area (TPSA) is 83.9 Å². The third-order valence-corrected chi connectivity index (χ3v) is 6.84. The van der Waals surface area contributed by atoms with Gasteiger partial charge < -0.3 is 9.84 Å². The monoisotopic (exact) mass is 417 g/mol. The summed E-state index contributed by atoms with van der Waals surface area (Å²) in [6, 6.07) is 16.2. The van der Waals surface area contributed by atoms with Crippen molar-refractivity contribution in [3.8, 4) is 5.75 Å². The van der Waals surface area contributed by atoms with Crippen molar-refractivity contribution in [1.82, 2.24) is 4.31 Å². The maximum absolute atomic E-state index is 13.2. The number of carbonyl (C=O) groups is 1. The molecule has 0 saturated carbocycles. The van der Waals surface area contributed by atoms with Crippen LogP contribution in [0.2, 0.25) is 0 Å². The molecule has 0 fully saturated rings. The lowest BCUT2D eigenvalue weighted by atomic mass is 10.2. The molecule has 0 bridgehead atoms. The molecule has 6 nitrogen and oxygen atoms in total. The predicted molar refractivity (Wildman–Crippen MR) is 107 cm³/mol. The SMILES string of the molecule is COc1ccc(CN(Cc2cccs2)S(=O)(=O)c2ccc(C(=O)O)cc2)cc1. The zero-order valence-electron chi connectivity index (χ0n) is 15.1. The first-order valence-electron chi connectivity index (χ1n) is 8.39. The number of hydrogen-bond acceptors (Lipinski definition) is 5. The molecule has 28 heavy (non-hydrogen) atoms. The number of thiophene rings is 1. The van der Waals surface area contributed by atoms with E-state index in [4.69, 9.17) is 9.84 Å². The first kappa shape index (κ1) is 20.1. The molecule has 0 aliphatic rings. The summed E-state index contributed by atoms with van der Waals surface area (Å²) in [5, 5.41) is 10.9. The van der Waals surface area contributed by atoms with Crippen LogP contribution in [0.15, 0.2) is 70.9 Å². The van der Waals surface area contributed by atoms with Crippen LogP contribution in [-0.4, -0.2) is 30.9 Å². The Balaban J connectivity index is 1.92. The average Bonchev–Trinajstić information content (AvgIpc) is 3.21.